The molecule has 4 nitrogen and oxygen atoms in total. The third-order valence-electron chi connectivity index (χ3n) is 3.09. The van der Waals surface area contributed by atoms with Crippen LogP contribution in [-0.2, 0) is 11.2 Å². The average Bonchev–Trinajstić information content (AvgIpc) is 2.47. The summed E-state index contributed by atoms with van der Waals surface area (Å²) in [5.74, 6) is 0.0869. The zero-order chi connectivity index (χ0) is 15.2. The first-order valence-corrected chi connectivity index (χ1v) is 6.69. The largest absolute Gasteiger partial charge is 0.481 e. The molecule has 0 spiro atoms. The third-order valence-corrected chi connectivity index (χ3v) is 3.09. The number of carbonyl (C=O) groups is 2. The van der Waals surface area contributed by atoms with Crippen molar-refractivity contribution in [3.05, 3.63) is 53.6 Å². The van der Waals surface area contributed by atoms with Crippen molar-refractivity contribution in [2.75, 3.05) is 0 Å². The van der Waals surface area contributed by atoms with Crippen molar-refractivity contribution < 1.29 is 19.4 Å². The molecule has 21 heavy (non-hydrogen) atoms. The van der Waals surface area contributed by atoms with E-state index in [1.165, 1.54) is 0 Å². The summed E-state index contributed by atoms with van der Waals surface area (Å²) in [5, 5.41) is 8.80. The number of carbonyl (C=O) groups excluding carboxylic acids is 1. The highest BCUT2D eigenvalue weighted by atomic mass is 16.5. The number of benzene rings is 2. The molecule has 0 saturated heterocycles. The van der Waals surface area contributed by atoms with Crippen molar-refractivity contribution in [2.45, 2.75) is 13.2 Å². The fourth-order valence-corrected chi connectivity index (χ4v) is 2.02. The van der Waals surface area contributed by atoms with Crippen molar-refractivity contribution in [1.82, 2.24) is 0 Å². The van der Waals surface area contributed by atoms with Crippen molar-refractivity contribution in [3.8, 4) is 11.5 Å². The van der Waals surface area contributed by atoms with E-state index in [-0.39, 0.29) is 6.42 Å². The zero-order valence-electron chi connectivity index (χ0n) is 11.7. The van der Waals surface area contributed by atoms with Crippen LogP contribution in [0.1, 0.15) is 15.9 Å². The van der Waals surface area contributed by atoms with E-state index in [1.807, 2.05) is 12.9 Å². The normalized spacial score (nSPS) is 9.95. The van der Waals surface area contributed by atoms with Crippen LogP contribution in [0.4, 0.5) is 0 Å². The van der Waals surface area contributed by atoms with E-state index in [9.17, 15) is 9.59 Å². The van der Waals surface area contributed by atoms with E-state index in [4.69, 9.17) is 9.84 Å². The molecule has 0 bridgehead atoms. The van der Waals surface area contributed by atoms with Gasteiger partial charge in [-0.1, -0.05) is 36.6 Å². The van der Waals surface area contributed by atoms with Crippen molar-refractivity contribution in [1.29, 1.82) is 0 Å². The monoisotopic (exact) mass is 282 g/mol. The van der Waals surface area contributed by atoms with Crippen LogP contribution in [0.25, 0.3) is 0 Å². The van der Waals surface area contributed by atoms with Crippen molar-refractivity contribution >= 4 is 25.0 Å². The fraction of sp³-hybridized carbons (Fsp3) is 0.125. The van der Waals surface area contributed by atoms with E-state index >= 15 is 0 Å². The Labute approximate surface area is 123 Å². The Balaban J connectivity index is 2.25. The number of hydrogen-bond donors (Lipinski definition) is 1. The van der Waals surface area contributed by atoms with E-state index in [0.29, 0.717) is 22.6 Å². The summed E-state index contributed by atoms with van der Waals surface area (Å²) in [7, 11) is 0.842. The van der Waals surface area contributed by atoms with Crippen LogP contribution in [0, 0.1) is 0 Å². The molecule has 0 unspecified atom stereocenters. The van der Waals surface area contributed by atoms with Gasteiger partial charge in [0.1, 0.15) is 11.5 Å². The van der Waals surface area contributed by atoms with E-state index in [2.05, 4.69) is 0 Å². The molecule has 0 saturated carbocycles. The molecule has 0 aromatic heterocycles. The van der Waals surface area contributed by atoms with Crippen LogP contribution < -0.4 is 10.2 Å². The molecule has 5 heteroatoms. The van der Waals surface area contributed by atoms with Crippen LogP contribution in [0.15, 0.2) is 42.5 Å². The van der Waals surface area contributed by atoms with Gasteiger partial charge in [0.05, 0.1) is 12.0 Å². The number of aliphatic carboxylic acids is 1. The van der Waals surface area contributed by atoms with E-state index in [0.717, 1.165) is 19.0 Å². The van der Waals surface area contributed by atoms with Crippen LogP contribution in [-0.4, -0.2) is 24.6 Å². The van der Waals surface area contributed by atoms with Gasteiger partial charge in [0, 0.05) is 0 Å². The average molecular weight is 282 g/mol. The van der Waals surface area contributed by atoms with E-state index in [1.54, 1.807) is 36.4 Å². The summed E-state index contributed by atoms with van der Waals surface area (Å²) < 4.78 is 5.70. The Morgan fingerprint density at radius 2 is 2.10 bits per heavy atom. The Morgan fingerprint density at radius 3 is 2.76 bits per heavy atom. The lowest BCUT2D eigenvalue weighted by molar-refractivity contribution is -0.136. The number of aldehydes is 1. The topological polar surface area (TPSA) is 63.6 Å². The lowest BCUT2D eigenvalue weighted by Crippen LogP contribution is -2.11. The van der Waals surface area contributed by atoms with E-state index < -0.39 is 5.97 Å². The third kappa shape index (κ3) is 3.95. The Bertz CT molecular complexity index is 667. The number of carboxylic acids is 1. The van der Waals surface area contributed by atoms with Gasteiger partial charge in [-0.05, 0) is 23.8 Å². The maximum Gasteiger partial charge on any atom is 0.307 e. The summed E-state index contributed by atoms with van der Waals surface area (Å²) in [5.41, 5.74) is 2.19. The standard InChI is InChI=1S/C16H15BO4/c1-17-13-5-6-15(12(9-13)10-18)21-14-4-2-3-11(7-14)8-16(19)20/h2-7,9-10,17H,8H2,1H3,(H,19,20). The molecule has 106 valence electrons. The van der Waals surface area contributed by atoms with Gasteiger partial charge in [-0.3, -0.25) is 9.59 Å². The molecule has 0 heterocycles. The fourth-order valence-electron chi connectivity index (χ4n) is 2.02. The highest BCUT2D eigenvalue weighted by molar-refractivity contribution is 6.52. The minimum Gasteiger partial charge on any atom is -0.481 e. The predicted molar refractivity (Wildman–Crippen MR) is 82.3 cm³/mol. The minimum atomic E-state index is -0.895. The summed E-state index contributed by atoms with van der Waals surface area (Å²) in [6, 6.07) is 12.3. The van der Waals surface area contributed by atoms with Gasteiger partial charge in [-0.2, -0.15) is 0 Å². The molecule has 0 amide bonds. The summed E-state index contributed by atoms with van der Waals surface area (Å²) >= 11 is 0. The smallest absolute Gasteiger partial charge is 0.307 e. The number of carboxylic acid groups (broad SMARTS) is 1. The van der Waals surface area contributed by atoms with Crippen LogP contribution >= 0.6 is 0 Å². The summed E-state index contributed by atoms with van der Waals surface area (Å²) in [4.78, 5) is 21.9. The lowest BCUT2D eigenvalue weighted by atomic mass is 9.73. The number of rotatable bonds is 6. The molecule has 0 aliphatic rings. The second-order valence-electron chi connectivity index (χ2n) is 4.66. The summed E-state index contributed by atoms with van der Waals surface area (Å²) in [6.45, 7) is 2.01. The zero-order valence-corrected chi connectivity index (χ0v) is 11.7. The maximum absolute atomic E-state index is 11.1. The van der Waals surface area contributed by atoms with Gasteiger partial charge in [-0.25, -0.2) is 0 Å². The van der Waals surface area contributed by atoms with Gasteiger partial charge in [0.15, 0.2) is 13.6 Å². The van der Waals surface area contributed by atoms with Gasteiger partial charge in [-0.15, -0.1) is 0 Å². The first-order valence-electron chi connectivity index (χ1n) is 6.69. The van der Waals surface area contributed by atoms with Crippen molar-refractivity contribution in [3.63, 3.8) is 0 Å². The molecule has 0 radical (unpaired) electrons. The molecular formula is C16H15BO4. The molecular weight excluding hydrogens is 267 g/mol. The first-order chi connectivity index (χ1) is 10.1. The first kappa shape index (κ1) is 14.8. The van der Waals surface area contributed by atoms with Gasteiger partial charge in [0.25, 0.3) is 0 Å². The SMILES string of the molecule is CBc1ccc(Oc2cccc(CC(=O)O)c2)c(C=O)c1. The molecule has 0 fully saturated rings. The lowest BCUT2D eigenvalue weighted by Gasteiger charge is -2.10. The maximum atomic E-state index is 11.1. The molecule has 2 aromatic rings. The second-order valence-corrected chi connectivity index (χ2v) is 4.66. The molecule has 1 N–H and O–H groups in total. The number of ether oxygens (including phenoxy) is 1. The highest BCUT2D eigenvalue weighted by Gasteiger charge is 2.07. The molecule has 0 aliphatic heterocycles. The predicted octanol–water partition coefficient (Wildman–Crippen LogP) is 2.03. The quantitative estimate of drug-likeness (QED) is 0.650. The molecule has 0 aliphatic carbocycles. The van der Waals surface area contributed by atoms with Gasteiger partial charge >= 0.3 is 5.97 Å². The summed E-state index contributed by atoms with van der Waals surface area (Å²) in [6.07, 6.45) is 0.697. The van der Waals surface area contributed by atoms with Crippen molar-refractivity contribution in [2.24, 2.45) is 0 Å². The Hall–Kier alpha value is -2.56. The molecule has 2 aromatic carbocycles. The van der Waals surface area contributed by atoms with Crippen LogP contribution in [0.3, 0.4) is 0 Å². The van der Waals surface area contributed by atoms with Gasteiger partial charge < -0.3 is 9.84 Å². The molecule has 0 atom stereocenters. The minimum absolute atomic E-state index is 0.0630. The Kier molecular flexibility index (Phi) is 4.77. The van der Waals surface area contributed by atoms with Gasteiger partial charge in [0.2, 0.25) is 0 Å². The second kappa shape index (κ2) is 6.75. The molecule has 2 rings (SSSR count). The Morgan fingerprint density at radius 1 is 1.29 bits per heavy atom. The van der Waals surface area contributed by atoms with Crippen LogP contribution in [0.5, 0.6) is 11.5 Å². The number of hydrogen-bond acceptors (Lipinski definition) is 3. The highest BCUT2D eigenvalue weighted by Crippen LogP contribution is 2.24. The van der Waals surface area contributed by atoms with Crippen LogP contribution in [0.2, 0.25) is 6.82 Å².